The molecule has 0 spiro atoms. The van der Waals surface area contributed by atoms with E-state index in [0.29, 0.717) is 36.6 Å². The van der Waals surface area contributed by atoms with Crippen molar-refractivity contribution in [3.63, 3.8) is 0 Å². The lowest BCUT2D eigenvalue weighted by Crippen LogP contribution is -2.28. The summed E-state index contributed by atoms with van der Waals surface area (Å²) in [6, 6.07) is 5.79. The first-order valence-electron chi connectivity index (χ1n) is 8.36. The van der Waals surface area contributed by atoms with Crippen LogP contribution < -0.4 is 9.47 Å². The van der Waals surface area contributed by atoms with Crippen molar-refractivity contribution in [3.8, 4) is 11.5 Å². The Morgan fingerprint density at radius 3 is 2.92 bits per heavy atom. The molecule has 1 aromatic carbocycles. The van der Waals surface area contributed by atoms with Crippen molar-refractivity contribution in [3.05, 3.63) is 29.6 Å². The molecule has 7 nitrogen and oxygen atoms in total. The number of thioether (sulfide) groups is 1. The molecule has 8 heteroatoms. The van der Waals surface area contributed by atoms with Gasteiger partial charge in [0, 0.05) is 19.5 Å². The van der Waals surface area contributed by atoms with Gasteiger partial charge in [0.15, 0.2) is 11.5 Å². The third-order valence-corrected chi connectivity index (χ3v) is 5.06. The first-order valence-corrected chi connectivity index (χ1v) is 9.35. The van der Waals surface area contributed by atoms with Gasteiger partial charge in [0.2, 0.25) is 11.1 Å². The fourth-order valence-corrected chi connectivity index (χ4v) is 3.39. The molecule has 1 N–H and O–H groups in total. The van der Waals surface area contributed by atoms with Gasteiger partial charge in [-0.15, -0.1) is 5.10 Å². The van der Waals surface area contributed by atoms with E-state index in [1.807, 2.05) is 18.2 Å². The predicted octanol–water partition coefficient (Wildman–Crippen LogP) is 2.20. The molecule has 1 amide bonds. The Hall–Kier alpha value is -2.22. The minimum Gasteiger partial charge on any atom is -0.486 e. The average Bonchev–Trinajstić information content (AvgIpc) is 3.38. The number of nitrogens with zero attached hydrogens (tertiary/aromatic N) is 3. The Balaban J connectivity index is 1.30. The largest absolute Gasteiger partial charge is 0.486 e. The molecule has 1 fully saturated rings. The highest BCUT2D eigenvalue weighted by Gasteiger charge is 2.27. The highest BCUT2D eigenvalue weighted by molar-refractivity contribution is 7.99. The van der Waals surface area contributed by atoms with E-state index in [4.69, 9.17) is 9.47 Å². The first kappa shape index (κ1) is 16.3. The van der Waals surface area contributed by atoms with Crippen molar-refractivity contribution in [2.24, 2.45) is 0 Å². The summed E-state index contributed by atoms with van der Waals surface area (Å²) < 4.78 is 11.1. The molecular weight excluding hydrogens is 340 g/mol. The summed E-state index contributed by atoms with van der Waals surface area (Å²) >= 11 is 1.37. The summed E-state index contributed by atoms with van der Waals surface area (Å²) in [7, 11) is 1.80. The van der Waals surface area contributed by atoms with Gasteiger partial charge in [0.05, 0.1) is 5.75 Å². The third kappa shape index (κ3) is 3.89. The average molecular weight is 360 g/mol. The summed E-state index contributed by atoms with van der Waals surface area (Å²) in [5.41, 5.74) is 1.01. The second-order valence-corrected chi connectivity index (χ2v) is 7.24. The molecule has 0 bridgehead atoms. The highest BCUT2D eigenvalue weighted by Crippen LogP contribution is 2.38. The summed E-state index contributed by atoms with van der Waals surface area (Å²) in [5, 5.41) is 7.77. The topological polar surface area (TPSA) is 80.3 Å². The van der Waals surface area contributed by atoms with E-state index in [9.17, 15) is 4.79 Å². The molecule has 0 saturated heterocycles. The molecule has 0 unspecified atom stereocenters. The zero-order valence-electron chi connectivity index (χ0n) is 14.0. The Kier molecular flexibility index (Phi) is 4.52. The number of amides is 1. The van der Waals surface area contributed by atoms with Crippen LogP contribution in [0.5, 0.6) is 11.5 Å². The van der Waals surface area contributed by atoms with E-state index in [2.05, 4.69) is 15.2 Å². The van der Waals surface area contributed by atoms with Gasteiger partial charge in [-0.2, -0.15) is 0 Å². The summed E-state index contributed by atoms with van der Waals surface area (Å²) in [6.45, 7) is 1.66. The molecule has 4 rings (SSSR count). The maximum atomic E-state index is 12.3. The summed E-state index contributed by atoms with van der Waals surface area (Å²) in [6.07, 6.45) is 2.35. The van der Waals surface area contributed by atoms with E-state index in [1.54, 1.807) is 11.9 Å². The van der Waals surface area contributed by atoms with Gasteiger partial charge in [-0.3, -0.25) is 9.89 Å². The quantitative estimate of drug-likeness (QED) is 0.796. The van der Waals surface area contributed by atoms with Gasteiger partial charge in [-0.1, -0.05) is 17.8 Å². The number of aromatic amines is 1. The van der Waals surface area contributed by atoms with Gasteiger partial charge in [-0.05, 0) is 30.5 Å². The first-order chi connectivity index (χ1) is 12.2. The second kappa shape index (κ2) is 6.95. The van der Waals surface area contributed by atoms with Gasteiger partial charge < -0.3 is 14.4 Å². The van der Waals surface area contributed by atoms with Crippen LogP contribution in [0.15, 0.2) is 23.4 Å². The fraction of sp³-hybridized carbons (Fsp3) is 0.471. The Bertz CT molecular complexity index is 775. The van der Waals surface area contributed by atoms with Crippen LogP contribution in [0.25, 0.3) is 0 Å². The van der Waals surface area contributed by atoms with Gasteiger partial charge in [0.25, 0.3) is 0 Å². The number of ether oxygens (including phenoxy) is 2. The molecule has 1 saturated carbocycles. The molecule has 25 heavy (non-hydrogen) atoms. The Labute approximate surface area is 150 Å². The van der Waals surface area contributed by atoms with Crippen molar-refractivity contribution < 1.29 is 14.3 Å². The van der Waals surface area contributed by atoms with Crippen molar-refractivity contribution in [1.82, 2.24) is 20.1 Å². The number of rotatable bonds is 6. The number of hydrogen-bond acceptors (Lipinski definition) is 6. The van der Waals surface area contributed by atoms with E-state index in [-0.39, 0.29) is 5.91 Å². The second-order valence-electron chi connectivity index (χ2n) is 6.29. The lowest BCUT2D eigenvalue weighted by atomic mass is 10.2. The number of H-pyrrole nitrogens is 1. The number of aromatic nitrogens is 3. The minimum absolute atomic E-state index is 0.0395. The van der Waals surface area contributed by atoms with Crippen LogP contribution >= 0.6 is 11.8 Å². The molecule has 2 aromatic rings. The van der Waals surface area contributed by atoms with Gasteiger partial charge in [-0.25, -0.2) is 4.98 Å². The van der Waals surface area contributed by atoms with Crippen LogP contribution in [0.2, 0.25) is 0 Å². The smallest absolute Gasteiger partial charge is 0.233 e. The normalized spacial score (nSPS) is 15.9. The number of fused-ring (bicyclic) bond motifs is 1. The number of carbonyl (C=O) groups is 1. The molecule has 1 aliphatic heterocycles. The van der Waals surface area contributed by atoms with Crippen LogP contribution in [0.1, 0.15) is 30.1 Å². The van der Waals surface area contributed by atoms with Crippen molar-refractivity contribution >= 4 is 17.7 Å². The Morgan fingerprint density at radius 2 is 2.12 bits per heavy atom. The lowest BCUT2D eigenvalue weighted by molar-refractivity contribution is -0.127. The number of carbonyl (C=O) groups excluding carboxylic acids is 1. The van der Waals surface area contributed by atoms with Crippen LogP contribution in [0, 0.1) is 0 Å². The monoisotopic (exact) mass is 360 g/mol. The van der Waals surface area contributed by atoms with Crippen LogP contribution in [0.3, 0.4) is 0 Å². The maximum absolute atomic E-state index is 12.3. The van der Waals surface area contributed by atoms with E-state index >= 15 is 0 Å². The van der Waals surface area contributed by atoms with E-state index in [1.165, 1.54) is 24.6 Å². The van der Waals surface area contributed by atoms with E-state index in [0.717, 1.165) is 22.9 Å². The third-order valence-electron chi connectivity index (χ3n) is 4.22. The van der Waals surface area contributed by atoms with Crippen molar-refractivity contribution in [2.75, 3.05) is 26.0 Å². The predicted molar refractivity (Wildman–Crippen MR) is 93.0 cm³/mol. The molecule has 1 aromatic heterocycles. The molecule has 132 valence electrons. The molecule has 1 aliphatic carbocycles. The molecule has 0 atom stereocenters. The molecule has 2 aliphatic rings. The SMILES string of the molecule is CN(Cc1ccc2c(c1)OCCO2)C(=O)CSc1n[nH]c(C2CC2)n1. The Morgan fingerprint density at radius 1 is 1.32 bits per heavy atom. The number of nitrogens with one attached hydrogen (secondary N) is 1. The number of benzene rings is 1. The zero-order chi connectivity index (χ0) is 17.2. The standard InChI is InChI=1S/C17H20N4O3S/c1-21(9-11-2-5-13-14(8-11)24-7-6-23-13)15(22)10-25-17-18-16(19-20-17)12-3-4-12/h2,5,8,12H,3-4,6-7,9-10H2,1H3,(H,18,19,20). The number of hydrogen-bond donors (Lipinski definition) is 1. The van der Waals surface area contributed by atoms with Crippen LogP contribution in [-0.2, 0) is 11.3 Å². The summed E-state index contributed by atoms with van der Waals surface area (Å²) in [4.78, 5) is 18.5. The highest BCUT2D eigenvalue weighted by atomic mass is 32.2. The molecular formula is C17H20N4O3S. The minimum atomic E-state index is 0.0395. The van der Waals surface area contributed by atoms with Crippen molar-refractivity contribution in [1.29, 1.82) is 0 Å². The van der Waals surface area contributed by atoms with Gasteiger partial charge in [0.1, 0.15) is 19.0 Å². The van der Waals surface area contributed by atoms with Crippen LogP contribution in [-0.4, -0.2) is 52.0 Å². The van der Waals surface area contributed by atoms with Crippen molar-refractivity contribution in [2.45, 2.75) is 30.5 Å². The molecule has 0 radical (unpaired) electrons. The maximum Gasteiger partial charge on any atom is 0.233 e. The lowest BCUT2D eigenvalue weighted by Gasteiger charge is -2.21. The van der Waals surface area contributed by atoms with Gasteiger partial charge >= 0.3 is 0 Å². The van der Waals surface area contributed by atoms with E-state index < -0.39 is 0 Å². The molecule has 2 heterocycles. The summed E-state index contributed by atoms with van der Waals surface area (Å²) in [5.74, 6) is 3.35. The zero-order valence-corrected chi connectivity index (χ0v) is 14.8. The fourth-order valence-electron chi connectivity index (χ4n) is 2.65. The van der Waals surface area contributed by atoms with Crippen LogP contribution in [0.4, 0.5) is 0 Å².